The zero-order valence-electron chi connectivity index (χ0n) is 10.9. The Morgan fingerprint density at radius 2 is 1.89 bits per heavy atom. The molecule has 2 rings (SSSR count). The second-order valence-electron chi connectivity index (χ2n) is 4.01. The maximum Gasteiger partial charge on any atom is 0.137 e. The zero-order valence-corrected chi connectivity index (χ0v) is 10.9. The SMILES string of the molecule is CNCCCNc1cc(Nc2ccccn2)ncn1. The molecule has 2 aromatic rings. The predicted molar refractivity (Wildman–Crippen MR) is 76.6 cm³/mol. The molecule has 2 heterocycles. The van der Waals surface area contributed by atoms with E-state index in [9.17, 15) is 0 Å². The van der Waals surface area contributed by atoms with Gasteiger partial charge in [-0.2, -0.15) is 0 Å². The van der Waals surface area contributed by atoms with Crippen LogP contribution >= 0.6 is 0 Å². The Morgan fingerprint density at radius 1 is 1.00 bits per heavy atom. The molecular weight excluding hydrogens is 240 g/mol. The highest BCUT2D eigenvalue weighted by atomic mass is 15.1. The normalized spacial score (nSPS) is 10.2. The van der Waals surface area contributed by atoms with Gasteiger partial charge in [0.15, 0.2) is 0 Å². The summed E-state index contributed by atoms with van der Waals surface area (Å²) >= 11 is 0. The largest absolute Gasteiger partial charge is 0.370 e. The summed E-state index contributed by atoms with van der Waals surface area (Å²) in [6.07, 6.45) is 4.32. The van der Waals surface area contributed by atoms with Crippen LogP contribution in [0.2, 0.25) is 0 Å². The Kier molecular flexibility index (Phi) is 5.06. The van der Waals surface area contributed by atoms with Crippen LogP contribution in [0.5, 0.6) is 0 Å². The lowest BCUT2D eigenvalue weighted by Crippen LogP contribution is -2.13. The van der Waals surface area contributed by atoms with Crippen LogP contribution in [0.25, 0.3) is 0 Å². The molecular formula is C13H18N6. The topological polar surface area (TPSA) is 74.8 Å². The summed E-state index contributed by atoms with van der Waals surface area (Å²) < 4.78 is 0. The van der Waals surface area contributed by atoms with E-state index in [0.717, 1.165) is 37.0 Å². The second kappa shape index (κ2) is 7.27. The van der Waals surface area contributed by atoms with Crippen LogP contribution in [0.4, 0.5) is 17.5 Å². The average molecular weight is 258 g/mol. The fraction of sp³-hybridized carbons (Fsp3) is 0.308. The van der Waals surface area contributed by atoms with E-state index in [4.69, 9.17) is 0 Å². The fourth-order valence-electron chi connectivity index (χ4n) is 1.57. The van der Waals surface area contributed by atoms with Gasteiger partial charge in [0.1, 0.15) is 23.8 Å². The number of aromatic nitrogens is 3. The molecule has 0 radical (unpaired) electrons. The third-order valence-electron chi connectivity index (χ3n) is 2.50. The van der Waals surface area contributed by atoms with E-state index in [-0.39, 0.29) is 0 Å². The number of nitrogens with zero attached hydrogens (tertiary/aromatic N) is 3. The van der Waals surface area contributed by atoms with E-state index in [1.54, 1.807) is 6.20 Å². The first-order chi connectivity index (χ1) is 9.38. The molecule has 0 aromatic carbocycles. The lowest BCUT2D eigenvalue weighted by molar-refractivity contribution is 0.746. The fourth-order valence-corrected chi connectivity index (χ4v) is 1.57. The van der Waals surface area contributed by atoms with Crippen molar-refractivity contribution in [1.82, 2.24) is 20.3 Å². The van der Waals surface area contributed by atoms with Gasteiger partial charge in [0.05, 0.1) is 0 Å². The van der Waals surface area contributed by atoms with E-state index < -0.39 is 0 Å². The molecule has 0 unspecified atom stereocenters. The van der Waals surface area contributed by atoms with E-state index in [1.165, 1.54) is 6.33 Å². The Balaban J connectivity index is 1.91. The summed E-state index contributed by atoms with van der Waals surface area (Å²) in [5.41, 5.74) is 0. The number of hydrogen-bond donors (Lipinski definition) is 3. The van der Waals surface area contributed by atoms with Gasteiger partial charge < -0.3 is 16.0 Å². The molecule has 0 saturated heterocycles. The van der Waals surface area contributed by atoms with Crippen molar-refractivity contribution >= 4 is 17.5 Å². The molecule has 0 saturated carbocycles. The zero-order chi connectivity index (χ0) is 13.3. The summed E-state index contributed by atoms with van der Waals surface area (Å²) in [7, 11) is 1.94. The molecule has 100 valence electrons. The Labute approximate surface area is 112 Å². The Hall–Kier alpha value is -2.21. The second-order valence-corrected chi connectivity index (χ2v) is 4.01. The maximum absolute atomic E-state index is 4.19. The molecule has 0 aliphatic heterocycles. The predicted octanol–water partition coefficient (Wildman–Crippen LogP) is 1.64. The van der Waals surface area contributed by atoms with E-state index in [2.05, 4.69) is 30.9 Å². The number of rotatable bonds is 7. The Morgan fingerprint density at radius 3 is 2.68 bits per heavy atom. The molecule has 0 atom stereocenters. The van der Waals surface area contributed by atoms with Gasteiger partial charge in [-0.1, -0.05) is 6.07 Å². The molecule has 19 heavy (non-hydrogen) atoms. The standard InChI is InChI=1S/C13H18N6/c1-14-6-4-8-16-12-9-13(18-10-17-12)19-11-5-2-3-7-15-11/h2-3,5,7,9-10,14H,4,6,8H2,1H3,(H2,15,16,17,18,19). The van der Waals surface area contributed by atoms with Crippen molar-refractivity contribution < 1.29 is 0 Å². The van der Waals surface area contributed by atoms with Gasteiger partial charge in [0.25, 0.3) is 0 Å². The summed E-state index contributed by atoms with van der Waals surface area (Å²) in [4.78, 5) is 12.5. The lowest BCUT2D eigenvalue weighted by atomic mass is 10.4. The highest BCUT2D eigenvalue weighted by Crippen LogP contribution is 2.13. The number of anilines is 3. The third kappa shape index (κ3) is 4.51. The molecule has 2 aromatic heterocycles. The van der Waals surface area contributed by atoms with Gasteiger partial charge >= 0.3 is 0 Å². The van der Waals surface area contributed by atoms with E-state index >= 15 is 0 Å². The minimum Gasteiger partial charge on any atom is -0.370 e. The maximum atomic E-state index is 4.19. The molecule has 0 bridgehead atoms. The number of hydrogen-bond acceptors (Lipinski definition) is 6. The minimum absolute atomic E-state index is 0.727. The minimum atomic E-state index is 0.727. The van der Waals surface area contributed by atoms with Crippen LogP contribution in [0.1, 0.15) is 6.42 Å². The summed E-state index contributed by atoms with van der Waals surface area (Å²) in [6, 6.07) is 7.56. The first kappa shape index (κ1) is 13.2. The van der Waals surface area contributed by atoms with Gasteiger partial charge in [-0.15, -0.1) is 0 Å². The van der Waals surface area contributed by atoms with Crippen molar-refractivity contribution in [2.24, 2.45) is 0 Å². The Bertz CT molecular complexity index is 488. The summed E-state index contributed by atoms with van der Waals surface area (Å²) in [5.74, 6) is 2.30. The van der Waals surface area contributed by atoms with Crippen molar-refractivity contribution in [3.05, 3.63) is 36.8 Å². The van der Waals surface area contributed by atoms with Crippen molar-refractivity contribution in [2.45, 2.75) is 6.42 Å². The third-order valence-corrected chi connectivity index (χ3v) is 2.50. The monoisotopic (exact) mass is 258 g/mol. The van der Waals surface area contributed by atoms with Crippen LogP contribution < -0.4 is 16.0 Å². The van der Waals surface area contributed by atoms with Gasteiger partial charge in [-0.3, -0.25) is 0 Å². The highest BCUT2D eigenvalue weighted by Gasteiger charge is 1.99. The highest BCUT2D eigenvalue weighted by molar-refractivity contribution is 5.55. The van der Waals surface area contributed by atoms with Crippen molar-refractivity contribution in [3.63, 3.8) is 0 Å². The molecule has 0 spiro atoms. The molecule has 3 N–H and O–H groups in total. The van der Waals surface area contributed by atoms with Crippen LogP contribution in [0.3, 0.4) is 0 Å². The van der Waals surface area contributed by atoms with E-state index in [1.807, 2.05) is 31.3 Å². The van der Waals surface area contributed by atoms with Crippen molar-refractivity contribution in [2.75, 3.05) is 30.8 Å². The van der Waals surface area contributed by atoms with Gasteiger partial charge in [0, 0.05) is 18.8 Å². The van der Waals surface area contributed by atoms with Crippen LogP contribution in [-0.4, -0.2) is 35.1 Å². The first-order valence-electron chi connectivity index (χ1n) is 6.27. The van der Waals surface area contributed by atoms with Crippen LogP contribution in [0, 0.1) is 0 Å². The van der Waals surface area contributed by atoms with Crippen LogP contribution in [0.15, 0.2) is 36.8 Å². The number of nitrogens with one attached hydrogen (secondary N) is 3. The quantitative estimate of drug-likeness (QED) is 0.656. The van der Waals surface area contributed by atoms with Crippen molar-refractivity contribution in [3.8, 4) is 0 Å². The molecule has 6 heteroatoms. The molecule has 0 amide bonds. The average Bonchev–Trinajstić information content (AvgIpc) is 2.45. The van der Waals surface area contributed by atoms with Crippen LogP contribution in [-0.2, 0) is 0 Å². The smallest absolute Gasteiger partial charge is 0.137 e. The summed E-state index contributed by atoms with van der Waals surface area (Å²) in [5, 5.41) is 9.49. The first-order valence-corrected chi connectivity index (χ1v) is 6.27. The molecule has 6 nitrogen and oxygen atoms in total. The molecule has 0 aliphatic rings. The lowest BCUT2D eigenvalue weighted by Gasteiger charge is -2.07. The van der Waals surface area contributed by atoms with Crippen molar-refractivity contribution in [1.29, 1.82) is 0 Å². The van der Waals surface area contributed by atoms with Gasteiger partial charge in [-0.05, 0) is 32.1 Å². The molecule has 0 aliphatic carbocycles. The number of pyridine rings is 1. The molecule has 0 fully saturated rings. The van der Waals surface area contributed by atoms with Gasteiger partial charge in [0.2, 0.25) is 0 Å². The van der Waals surface area contributed by atoms with E-state index in [0.29, 0.717) is 0 Å². The summed E-state index contributed by atoms with van der Waals surface area (Å²) in [6.45, 7) is 1.86. The van der Waals surface area contributed by atoms with Gasteiger partial charge in [-0.25, -0.2) is 15.0 Å².